The van der Waals surface area contributed by atoms with E-state index in [0.717, 1.165) is 23.4 Å². The van der Waals surface area contributed by atoms with E-state index in [1.165, 1.54) is 0 Å². The number of rotatable bonds is 3. The van der Waals surface area contributed by atoms with Gasteiger partial charge in [-0.25, -0.2) is 4.68 Å². The first kappa shape index (κ1) is 13.5. The average Bonchev–Trinajstić information content (AvgIpc) is 2.81. The second-order valence-corrected chi connectivity index (χ2v) is 5.57. The Morgan fingerprint density at radius 3 is 3.00 bits per heavy atom. The number of aromatic nitrogens is 3. The van der Waals surface area contributed by atoms with Crippen molar-refractivity contribution in [1.82, 2.24) is 20.4 Å². The topological polar surface area (TPSA) is 78.0 Å². The van der Waals surface area contributed by atoms with E-state index in [1.54, 1.807) is 4.68 Å². The van der Waals surface area contributed by atoms with E-state index in [0.29, 0.717) is 11.2 Å². The van der Waals surface area contributed by atoms with Gasteiger partial charge in [0, 0.05) is 13.0 Å². The van der Waals surface area contributed by atoms with E-state index >= 15 is 0 Å². The molecule has 1 aromatic heterocycles. The van der Waals surface area contributed by atoms with Crippen LogP contribution in [0, 0.1) is 0 Å². The number of hydrogen-bond acceptors (Lipinski definition) is 5. The molecule has 0 saturated heterocycles. The Labute approximate surface area is 125 Å². The molecule has 2 heterocycles. The van der Waals surface area contributed by atoms with Gasteiger partial charge >= 0.3 is 0 Å². The molecule has 2 aromatic rings. The molecular weight excluding hydrogens is 322 g/mol. The summed E-state index contributed by atoms with van der Waals surface area (Å²) in [6.45, 7) is 0.683. The van der Waals surface area contributed by atoms with Crippen LogP contribution in [0.4, 0.5) is 0 Å². The van der Waals surface area contributed by atoms with Crippen LogP contribution in [-0.2, 0) is 7.05 Å². The second-order valence-electron chi connectivity index (χ2n) is 4.81. The lowest BCUT2D eigenvalue weighted by molar-refractivity contribution is 0.243. The third-order valence-corrected chi connectivity index (χ3v) is 4.27. The highest BCUT2D eigenvalue weighted by atomic mass is 79.9. The van der Waals surface area contributed by atoms with Gasteiger partial charge in [-0.05, 0) is 34.0 Å². The smallest absolute Gasteiger partial charge is 0.153 e. The first-order valence-corrected chi connectivity index (χ1v) is 7.24. The number of nitrogens with one attached hydrogen (secondary N) is 1. The molecule has 20 heavy (non-hydrogen) atoms. The summed E-state index contributed by atoms with van der Waals surface area (Å²) in [5, 5.41) is 8.07. The Kier molecular flexibility index (Phi) is 3.73. The quantitative estimate of drug-likeness (QED) is 0.657. The molecule has 3 rings (SSSR count). The summed E-state index contributed by atoms with van der Waals surface area (Å²) < 4.78 is 8.17. The Hall–Kier alpha value is -1.44. The maximum atomic E-state index is 5.81. The van der Waals surface area contributed by atoms with Crippen LogP contribution in [0.5, 0.6) is 5.75 Å². The van der Waals surface area contributed by atoms with Crippen LogP contribution in [0.25, 0.3) is 0 Å². The highest BCUT2D eigenvalue weighted by Crippen LogP contribution is 2.41. The van der Waals surface area contributed by atoms with Crippen molar-refractivity contribution in [2.75, 3.05) is 6.61 Å². The lowest BCUT2D eigenvalue weighted by Gasteiger charge is -2.31. The van der Waals surface area contributed by atoms with Gasteiger partial charge in [0.25, 0.3) is 0 Å². The molecule has 2 atom stereocenters. The zero-order valence-corrected chi connectivity index (χ0v) is 12.7. The fourth-order valence-electron chi connectivity index (χ4n) is 2.77. The van der Waals surface area contributed by atoms with E-state index in [2.05, 4.69) is 37.7 Å². The number of nitrogens with two attached hydrogens (primary N) is 1. The van der Waals surface area contributed by atoms with E-state index in [9.17, 15) is 0 Å². The van der Waals surface area contributed by atoms with Crippen LogP contribution in [-0.4, -0.2) is 21.6 Å². The molecule has 0 radical (unpaired) electrons. The number of nitrogens with zero attached hydrogens (tertiary/aromatic N) is 3. The first-order chi connectivity index (χ1) is 9.72. The van der Waals surface area contributed by atoms with Crippen molar-refractivity contribution in [1.29, 1.82) is 0 Å². The van der Waals surface area contributed by atoms with Gasteiger partial charge in [0.1, 0.15) is 5.75 Å². The van der Waals surface area contributed by atoms with Crippen molar-refractivity contribution in [3.05, 3.63) is 40.1 Å². The fraction of sp³-hybridized carbons (Fsp3) is 0.385. The zero-order chi connectivity index (χ0) is 14.1. The van der Waals surface area contributed by atoms with Crippen LogP contribution in [0.2, 0.25) is 0 Å². The normalized spacial score (nSPS) is 19.2. The van der Waals surface area contributed by atoms with E-state index in [1.807, 2.05) is 25.2 Å². The van der Waals surface area contributed by atoms with Crippen molar-refractivity contribution >= 4 is 15.9 Å². The number of halogens is 1. The number of fused-ring (bicyclic) bond motifs is 1. The Morgan fingerprint density at radius 1 is 1.50 bits per heavy atom. The maximum absolute atomic E-state index is 5.81. The summed E-state index contributed by atoms with van der Waals surface area (Å²) >= 11 is 3.44. The number of ether oxygens (including phenoxy) is 1. The molecule has 0 fully saturated rings. The Morgan fingerprint density at radius 2 is 2.30 bits per heavy atom. The highest BCUT2D eigenvalue weighted by Gasteiger charge is 2.32. The van der Waals surface area contributed by atoms with E-state index in [4.69, 9.17) is 10.6 Å². The molecule has 2 unspecified atom stereocenters. The zero-order valence-electron chi connectivity index (χ0n) is 11.1. The number of para-hydroxylation sites is 1. The number of hydrazine groups is 1. The SMILES string of the molecule is Cn1nnc(Br)c1C(NN)C1CCOc2ccccc21. The second kappa shape index (κ2) is 5.51. The molecule has 0 spiro atoms. The minimum absolute atomic E-state index is 0.0746. The molecule has 1 aliphatic rings. The molecule has 3 N–H and O–H groups in total. The van der Waals surface area contributed by atoms with Crippen molar-refractivity contribution in [2.24, 2.45) is 12.9 Å². The molecular formula is C13H16BrN5O. The molecule has 1 aromatic carbocycles. The van der Waals surface area contributed by atoms with Crippen LogP contribution >= 0.6 is 15.9 Å². The van der Waals surface area contributed by atoms with Gasteiger partial charge in [0.15, 0.2) is 4.60 Å². The minimum atomic E-state index is -0.0746. The third-order valence-electron chi connectivity index (χ3n) is 3.71. The van der Waals surface area contributed by atoms with Crippen molar-refractivity contribution in [2.45, 2.75) is 18.4 Å². The number of aryl methyl sites for hydroxylation is 1. The van der Waals surface area contributed by atoms with Gasteiger partial charge in [0.2, 0.25) is 0 Å². The van der Waals surface area contributed by atoms with Crippen LogP contribution in [0.15, 0.2) is 28.9 Å². The summed E-state index contributed by atoms with van der Waals surface area (Å²) in [4.78, 5) is 0. The summed E-state index contributed by atoms with van der Waals surface area (Å²) in [7, 11) is 1.86. The van der Waals surface area contributed by atoms with Crippen LogP contribution < -0.4 is 16.0 Å². The first-order valence-electron chi connectivity index (χ1n) is 6.45. The molecule has 1 aliphatic heterocycles. The monoisotopic (exact) mass is 337 g/mol. The average molecular weight is 338 g/mol. The predicted octanol–water partition coefficient (Wildman–Crippen LogP) is 1.65. The van der Waals surface area contributed by atoms with Crippen LogP contribution in [0.1, 0.15) is 29.6 Å². The van der Waals surface area contributed by atoms with Gasteiger partial charge in [-0.15, -0.1) is 5.10 Å². The summed E-state index contributed by atoms with van der Waals surface area (Å²) in [6, 6.07) is 8.00. The molecule has 7 heteroatoms. The molecule has 0 aliphatic carbocycles. The van der Waals surface area contributed by atoms with Gasteiger partial charge in [-0.2, -0.15) is 0 Å². The number of benzene rings is 1. The van der Waals surface area contributed by atoms with Gasteiger partial charge in [0.05, 0.1) is 18.3 Å². The van der Waals surface area contributed by atoms with E-state index < -0.39 is 0 Å². The van der Waals surface area contributed by atoms with Crippen molar-refractivity contribution < 1.29 is 4.74 Å². The number of hydrogen-bond donors (Lipinski definition) is 2. The summed E-state index contributed by atoms with van der Waals surface area (Å²) in [6.07, 6.45) is 0.892. The van der Waals surface area contributed by atoms with E-state index in [-0.39, 0.29) is 12.0 Å². The van der Waals surface area contributed by atoms with Gasteiger partial charge in [-0.3, -0.25) is 11.3 Å². The van der Waals surface area contributed by atoms with Gasteiger partial charge < -0.3 is 4.74 Å². The molecule has 0 amide bonds. The summed E-state index contributed by atoms with van der Waals surface area (Å²) in [5.74, 6) is 6.96. The standard InChI is InChI=1S/C13H16BrN5O/c1-19-12(13(14)17-18-19)11(16-15)9-6-7-20-10-5-3-2-4-8(9)10/h2-5,9,11,16H,6-7,15H2,1H3. The highest BCUT2D eigenvalue weighted by molar-refractivity contribution is 9.10. The molecule has 106 valence electrons. The molecule has 0 bridgehead atoms. The molecule has 6 nitrogen and oxygen atoms in total. The summed E-state index contributed by atoms with van der Waals surface area (Å²) in [5.41, 5.74) is 5.01. The predicted molar refractivity (Wildman–Crippen MR) is 78.1 cm³/mol. The minimum Gasteiger partial charge on any atom is -0.493 e. The van der Waals surface area contributed by atoms with Crippen molar-refractivity contribution in [3.8, 4) is 5.75 Å². The third kappa shape index (κ3) is 2.21. The fourth-order valence-corrected chi connectivity index (χ4v) is 3.34. The van der Waals surface area contributed by atoms with Gasteiger partial charge in [-0.1, -0.05) is 23.4 Å². The van der Waals surface area contributed by atoms with Crippen molar-refractivity contribution in [3.63, 3.8) is 0 Å². The maximum Gasteiger partial charge on any atom is 0.153 e. The lowest BCUT2D eigenvalue weighted by atomic mass is 9.85. The van der Waals surface area contributed by atoms with Crippen LogP contribution in [0.3, 0.4) is 0 Å². The Bertz CT molecular complexity index is 595. The lowest BCUT2D eigenvalue weighted by Crippen LogP contribution is -2.36. The Balaban J connectivity index is 2.03. The largest absolute Gasteiger partial charge is 0.493 e. The molecule has 0 saturated carbocycles.